The van der Waals surface area contributed by atoms with Gasteiger partial charge in [0.15, 0.2) is 0 Å². The lowest BCUT2D eigenvalue weighted by Gasteiger charge is -2.21. The van der Waals surface area contributed by atoms with Crippen LogP contribution in [0.1, 0.15) is 25.0 Å². The lowest BCUT2D eigenvalue weighted by molar-refractivity contribution is 0.660. The van der Waals surface area contributed by atoms with Crippen LogP contribution in [0.5, 0.6) is 0 Å². The number of hydrogen-bond donors (Lipinski definition) is 0. The molecule has 0 saturated heterocycles. The largest absolute Gasteiger partial charge is 0.309 e. The molecule has 6 aromatic carbocycles. The first-order chi connectivity index (χ1) is 20.1. The van der Waals surface area contributed by atoms with E-state index in [0.29, 0.717) is 0 Å². The summed E-state index contributed by atoms with van der Waals surface area (Å²) in [5.41, 5.74) is 12.8. The second kappa shape index (κ2) is 7.99. The first kappa shape index (κ1) is 22.7. The molecule has 2 heterocycles. The molecule has 0 saturated carbocycles. The molecule has 0 atom stereocenters. The van der Waals surface area contributed by atoms with Gasteiger partial charge < -0.3 is 9.13 Å². The summed E-state index contributed by atoms with van der Waals surface area (Å²) in [7, 11) is 0. The Morgan fingerprint density at radius 1 is 0.439 bits per heavy atom. The molecular weight excluding hydrogens is 496 g/mol. The van der Waals surface area contributed by atoms with Crippen molar-refractivity contribution < 1.29 is 0 Å². The molecule has 1 aliphatic rings. The Kier molecular flexibility index (Phi) is 4.42. The van der Waals surface area contributed by atoms with Gasteiger partial charge in [0.2, 0.25) is 0 Å². The normalized spacial score (nSPS) is 13.8. The van der Waals surface area contributed by atoms with Gasteiger partial charge in [-0.1, -0.05) is 105 Å². The maximum atomic E-state index is 2.51. The van der Waals surface area contributed by atoms with Crippen LogP contribution in [0.3, 0.4) is 0 Å². The predicted octanol–water partition coefficient (Wildman–Crippen LogP) is 10.2. The van der Waals surface area contributed by atoms with Crippen molar-refractivity contribution in [2.75, 3.05) is 0 Å². The summed E-state index contributed by atoms with van der Waals surface area (Å²) < 4.78 is 4.92. The van der Waals surface area contributed by atoms with Crippen molar-refractivity contribution in [2.45, 2.75) is 19.3 Å². The summed E-state index contributed by atoms with van der Waals surface area (Å²) in [4.78, 5) is 0. The van der Waals surface area contributed by atoms with E-state index in [4.69, 9.17) is 0 Å². The summed E-state index contributed by atoms with van der Waals surface area (Å²) in [6.07, 6.45) is 0. The first-order valence-electron chi connectivity index (χ1n) is 14.4. The number of aromatic nitrogens is 2. The topological polar surface area (TPSA) is 9.86 Å². The van der Waals surface area contributed by atoms with Crippen molar-refractivity contribution in [3.8, 4) is 22.5 Å². The molecule has 0 amide bonds. The van der Waals surface area contributed by atoms with Gasteiger partial charge in [-0.25, -0.2) is 0 Å². The molecule has 0 fully saturated rings. The second-order valence-corrected chi connectivity index (χ2v) is 11.8. The molecule has 8 aromatic rings. The van der Waals surface area contributed by atoms with E-state index in [-0.39, 0.29) is 5.41 Å². The van der Waals surface area contributed by atoms with Crippen LogP contribution >= 0.6 is 0 Å². The van der Waals surface area contributed by atoms with Crippen molar-refractivity contribution in [1.29, 1.82) is 0 Å². The lowest BCUT2D eigenvalue weighted by Crippen LogP contribution is -2.14. The Morgan fingerprint density at radius 2 is 1.00 bits per heavy atom. The highest BCUT2D eigenvalue weighted by Crippen LogP contribution is 2.52. The number of para-hydroxylation sites is 3. The molecular formula is C39H28N2. The van der Waals surface area contributed by atoms with Gasteiger partial charge >= 0.3 is 0 Å². The third kappa shape index (κ3) is 2.87. The molecule has 194 valence electrons. The molecule has 0 aliphatic heterocycles. The fourth-order valence-electron chi connectivity index (χ4n) is 7.55. The van der Waals surface area contributed by atoms with Crippen LogP contribution in [0, 0.1) is 0 Å². The first-order valence-corrected chi connectivity index (χ1v) is 14.4. The van der Waals surface area contributed by atoms with Gasteiger partial charge in [0.05, 0.1) is 27.8 Å². The average molecular weight is 525 g/mol. The van der Waals surface area contributed by atoms with Crippen LogP contribution in [-0.4, -0.2) is 9.13 Å². The Morgan fingerprint density at radius 3 is 1.73 bits per heavy atom. The van der Waals surface area contributed by atoms with Gasteiger partial charge in [0.25, 0.3) is 0 Å². The van der Waals surface area contributed by atoms with E-state index in [1.165, 1.54) is 77.2 Å². The number of fused-ring (bicyclic) bond motifs is 10. The van der Waals surface area contributed by atoms with E-state index in [1.807, 2.05) is 0 Å². The van der Waals surface area contributed by atoms with Crippen molar-refractivity contribution in [3.63, 3.8) is 0 Å². The van der Waals surface area contributed by atoms with Crippen LogP contribution < -0.4 is 0 Å². The minimum Gasteiger partial charge on any atom is -0.309 e. The zero-order valence-electron chi connectivity index (χ0n) is 23.1. The van der Waals surface area contributed by atoms with Gasteiger partial charge in [-0.15, -0.1) is 0 Å². The quantitative estimate of drug-likeness (QED) is 0.213. The SMILES string of the molecule is CC1(C)c2ccccc2-c2c(-n3c4ccccc4c4c5c6ccccc6n(-c6ccccc6)c5ccc43)cccc21. The van der Waals surface area contributed by atoms with Gasteiger partial charge in [0, 0.05) is 38.2 Å². The molecule has 0 N–H and O–H groups in total. The third-order valence-corrected chi connectivity index (χ3v) is 9.31. The minimum atomic E-state index is -0.0446. The van der Waals surface area contributed by atoms with Crippen molar-refractivity contribution >= 4 is 43.6 Å². The monoisotopic (exact) mass is 524 g/mol. The Labute approximate surface area is 238 Å². The Hall–Kier alpha value is -5.08. The van der Waals surface area contributed by atoms with E-state index < -0.39 is 0 Å². The van der Waals surface area contributed by atoms with E-state index in [9.17, 15) is 0 Å². The summed E-state index contributed by atoms with van der Waals surface area (Å²) in [6.45, 7) is 4.71. The van der Waals surface area contributed by atoms with Gasteiger partial charge in [0.1, 0.15) is 0 Å². The van der Waals surface area contributed by atoms with Gasteiger partial charge in [-0.05, 0) is 59.2 Å². The van der Waals surface area contributed by atoms with Gasteiger partial charge in [-0.3, -0.25) is 0 Å². The van der Waals surface area contributed by atoms with E-state index in [0.717, 1.165) is 0 Å². The standard InChI is InChI=1S/C39H28N2/c1-39(2)29-18-9-6-15-26(29)36-30(39)19-12-22-33(36)41-32-21-11-8-17-28(32)38-35(41)24-23-34-37(38)27-16-7-10-20-31(27)40(34)25-13-4-3-5-14-25/h3-24H,1-2H3. The van der Waals surface area contributed by atoms with Crippen LogP contribution in [0.4, 0.5) is 0 Å². The molecule has 41 heavy (non-hydrogen) atoms. The molecule has 1 aliphatic carbocycles. The number of rotatable bonds is 2. The predicted molar refractivity (Wildman–Crippen MR) is 173 cm³/mol. The fraction of sp³-hybridized carbons (Fsp3) is 0.0769. The van der Waals surface area contributed by atoms with Crippen LogP contribution in [-0.2, 0) is 5.41 Å². The molecule has 0 unspecified atom stereocenters. The molecule has 2 heteroatoms. The smallest absolute Gasteiger partial charge is 0.0549 e. The summed E-state index contributed by atoms with van der Waals surface area (Å²) in [6, 6.07) is 48.9. The Balaban J connectivity index is 1.47. The number of hydrogen-bond acceptors (Lipinski definition) is 0. The molecule has 0 bridgehead atoms. The maximum Gasteiger partial charge on any atom is 0.0549 e. The van der Waals surface area contributed by atoms with Crippen molar-refractivity contribution in [3.05, 3.63) is 145 Å². The van der Waals surface area contributed by atoms with E-state index in [1.54, 1.807) is 0 Å². The number of benzene rings is 6. The minimum absolute atomic E-state index is 0.0446. The summed E-state index contributed by atoms with van der Waals surface area (Å²) in [5.74, 6) is 0. The fourth-order valence-corrected chi connectivity index (χ4v) is 7.55. The molecule has 0 radical (unpaired) electrons. The zero-order chi connectivity index (χ0) is 27.3. The maximum absolute atomic E-state index is 2.51. The third-order valence-electron chi connectivity index (χ3n) is 9.31. The summed E-state index contributed by atoms with van der Waals surface area (Å²) >= 11 is 0. The zero-order valence-corrected chi connectivity index (χ0v) is 23.1. The molecule has 9 rings (SSSR count). The molecule has 2 aromatic heterocycles. The van der Waals surface area contributed by atoms with Crippen LogP contribution in [0.15, 0.2) is 133 Å². The molecule has 0 spiro atoms. The van der Waals surface area contributed by atoms with Crippen LogP contribution in [0.25, 0.3) is 66.1 Å². The highest BCUT2D eigenvalue weighted by Gasteiger charge is 2.37. The Bertz CT molecular complexity index is 2330. The summed E-state index contributed by atoms with van der Waals surface area (Å²) in [5, 5.41) is 5.19. The van der Waals surface area contributed by atoms with E-state index in [2.05, 4.69) is 156 Å². The van der Waals surface area contributed by atoms with Crippen molar-refractivity contribution in [1.82, 2.24) is 9.13 Å². The lowest BCUT2D eigenvalue weighted by atomic mass is 9.82. The highest BCUT2D eigenvalue weighted by molar-refractivity contribution is 6.29. The highest BCUT2D eigenvalue weighted by atomic mass is 15.0. The second-order valence-electron chi connectivity index (χ2n) is 11.8. The van der Waals surface area contributed by atoms with E-state index >= 15 is 0 Å². The number of nitrogens with zero attached hydrogens (tertiary/aromatic N) is 2. The van der Waals surface area contributed by atoms with Crippen molar-refractivity contribution in [2.24, 2.45) is 0 Å². The van der Waals surface area contributed by atoms with Crippen LogP contribution in [0.2, 0.25) is 0 Å². The van der Waals surface area contributed by atoms with Gasteiger partial charge in [-0.2, -0.15) is 0 Å². The molecule has 2 nitrogen and oxygen atoms in total. The average Bonchev–Trinajstić information content (AvgIpc) is 3.61.